The Balaban J connectivity index is 1.95. The third-order valence-corrected chi connectivity index (χ3v) is 4.04. The fraction of sp³-hybridized carbons (Fsp3) is 0.444. The predicted molar refractivity (Wildman–Crippen MR) is 91.9 cm³/mol. The molecule has 2 nitrogen and oxygen atoms in total. The fourth-order valence-corrected chi connectivity index (χ4v) is 2.76. The van der Waals surface area contributed by atoms with Crippen LogP contribution in [0.5, 0.6) is 0 Å². The zero-order chi connectivity index (χ0) is 15.1. The first kappa shape index (κ1) is 16.0. The molecule has 3 heteroatoms. The first-order valence-electron chi connectivity index (χ1n) is 7.81. The SMILES string of the molecule is CCCCCCCc1cnc(-c2ccc(C)cc2S)nc1. The molecule has 0 N–H and O–H groups in total. The van der Waals surface area contributed by atoms with Gasteiger partial charge in [0.25, 0.3) is 0 Å². The minimum absolute atomic E-state index is 0.759. The molecule has 0 saturated heterocycles. The van der Waals surface area contributed by atoms with Gasteiger partial charge in [-0.1, -0.05) is 38.7 Å². The summed E-state index contributed by atoms with van der Waals surface area (Å²) >= 11 is 4.51. The number of hydrogen-bond acceptors (Lipinski definition) is 3. The molecule has 0 radical (unpaired) electrons. The fourth-order valence-electron chi connectivity index (χ4n) is 2.39. The second-order valence-electron chi connectivity index (χ2n) is 5.60. The number of thiol groups is 1. The minimum Gasteiger partial charge on any atom is -0.236 e. The van der Waals surface area contributed by atoms with Gasteiger partial charge in [0, 0.05) is 22.9 Å². The van der Waals surface area contributed by atoms with Crippen LogP contribution >= 0.6 is 12.6 Å². The summed E-state index contributed by atoms with van der Waals surface area (Å²) in [6.45, 7) is 4.30. The monoisotopic (exact) mass is 300 g/mol. The zero-order valence-electron chi connectivity index (χ0n) is 13.0. The van der Waals surface area contributed by atoms with Gasteiger partial charge in [-0.05, 0) is 43.0 Å². The Morgan fingerprint density at radius 2 is 1.71 bits per heavy atom. The summed E-state index contributed by atoms with van der Waals surface area (Å²) < 4.78 is 0. The van der Waals surface area contributed by atoms with Gasteiger partial charge in [-0.15, -0.1) is 12.6 Å². The molecule has 21 heavy (non-hydrogen) atoms. The van der Waals surface area contributed by atoms with Crippen LogP contribution in [-0.2, 0) is 6.42 Å². The molecule has 0 spiro atoms. The number of nitrogens with zero attached hydrogens (tertiary/aromatic N) is 2. The van der Waals surface area contributed by atoms with Crippen LogP contribution in [-0.4, -0.2) is 9.97 Å². The number of aryl methyl sites for hydroxylation is 2. The van der Waals surface area contributed by atoms with E-state index in [4.69, 9.17) is 0 Å². The first-order chi connectivity index (χ1) is 10.2. The molecular weight excluding hydrogens is 276 g/mol. The van der Waals surface area contributed by atoms with E-state index in [1.807, 2.05) is 24.5 Å². The molecule has 0 fully saturated rings. The lowest BCUT2D eigenvalue weighted by Gasteiger charge is -2.06. The second-order valence-corrected chi connectivity index (χ2v) is 6.08. The van der Waals surface area contributed by atoms with Gasteiger partial charge in [0.15, 0.2) is 5.82 Å². The molecule has 0 bridgehead atoms. The molecule has 1 aromatic carbocycles. The third-order valence-electron chi connectivity index (χ3n) is 3.67. The van der Waals surface area contributed by atoms with Crippen molar-refractivity contribution in [2.45, 2.75) is 57.3 Å². The van der Waals surface area contributed by atoms with Crippen LogP contribution in [0.15, 0.2) is 35.5 Å². The molecule has 2 rings (SSSR count). The molecule has 0 aliphatic rings. The average molecular weight is 300 g/mol. The van der Waals surface area contributed by atoms with Crippen LogP contribution < -0.4 is 0 Å². The maximum atomic E-state index is 4.51. The van der Waals surface area contributed by atoms with Gasteiger partial charge in [0.1, 0.15) is 0 Å². The standard InChI is InChI=1S/C18H24N2S/c1-3-4-5-6-7-8-15-12-19-18(20-13-15)16-10-9-14(2)11-17(16)21/h9-13,21H,3-8H2,1-2H3. The van der Waals surface area contributed by atoms with Gasteiger partial charge in [-0.3, -0.25) is 0 Å². The molecule has 0 amide bonds. The highest BCUT2D eigenvalue weighted by atomic mass is 32.1. The number of aromatic nitrogens is 2. The Morgan fingerprint density at radius 3 is 2.38 bits per heavy atom. The van der Waals surface area contributed by atoms with Crippen LogP contribution in [0.1, 0.15) is 50.2 Å². The summed E-state index contributed by atoms with van der Waals surface area (Å²) in [7, 11) is 0. The van der Waals surface area contributed by atoms with Crippen molar-refractivity contribution in [2.75, 3.05) is 0 Å². The Hall–Kier alpha value is -1.35. The Kier molecular flexibility index (Phi) is 6.24. The van der Waals surface area contributed by atoms with Crippen molar-refractivity contribution >= 4 is 12.6 Å². The molecule has 0 aliphatic heterocycles. The van der Waals surface area contributed by atoms with E-state index in [9.17, 15) is 0 Å². The van der Waals surface area contributed by atoms with Gasteiger partial charge in [-0.2, -0.15) is 0 Å². The van der Waals surface area contributed by atoms with Crippen molar-refractivity contribution in [3.63, 3.8) is 0 Å². The maximum Gasteiger partial charge on any atom is 0.160 e. The van der Waals surface area contributed by atoms with Gasteiger partial charge in [0.2, 0.25) is 0 Å². The van der Waals surface area contributed by atoms with Crippen LogP contribution in [0.2, 0.25) is 0 Å². The van der Waals surface area contributed by atoms with E-state index >= 15 is 0 Å². The quantitative estimate of drug-likeness (QED) is 0.558. The lowest BCUT2D eigenvalue weighted by atomic mass is 10.1. The van der Waals surface area contributed by atoms with Crippen molar-refractivity contribution in [1.29, 1.82) is 0 Å². The Morgan fingerprint density at radius 1 is 1.00 bits per heavy atom. The summed E-state index contributed by atoms with van der Waals surface area (Å²) in [6.07, 6.45) is 11.5. The number of hydrogen-bond donors (Lipinski definition) is 1. The summed E-state index contributed by atoms with van der Waals surface area (Å²) in [5.41, 5.74) is 3.42. The molecule has 0 saturated carbocycles. The molecular formula is C18H24N2S. The summed E-state index contributed by atoms with van der Waals surface area (Å²) in [6, 6.07) is 6.15. The van der Waals surface area contributed by atoms with Crippen molar-refractivity contribution in [1.82, 2.24) is 9.97 Å². The van der Waals surface area contributed by atoms with Gasteiger partial charge >= 0.3 is 0 Å². The number of benzene rings is 1. The van der Waals surface area contributed by atoms with Crippen LogP contribution in [0.4, 0.5) is 0 Å². The highest BCUT2D eigenvalue weighted by molar-refractivity contribution is 7.80. The highest BCUT2D eigenvalue weighted by Gasteiger charge is 2.05. The van der Waals surface area contributed by atoms with E-state index in [-0.39, 0.29) is 0 Å². The van der Waals surface area contributed by atoms with Crippen molar-refractivity contribution < 1.29 is 0 Å². The number of unbranched alkanes of at least 4 members (excludes halogenated alkanes) is 4. The van der Waals surface area contributed by atoms with Crippen molar-refractivity contribution in [3.8, 4) is 11.4 Å². The predicted octanol–water partition coefficient (Wildman–Crippen LogP) is 5.25. The van der Waals surface area contributed by atoms with E-state index < -0.39 is 0 Å². The lowest BCUT2D eigenvalue weighted by Crippen LogP contribution is -1.94. The molecule has 1 aromatic heterocycles. The Labute approximate surface area is 133 Å². The molecule has 112 valence electrons. The van der Waals surface area contributed by atoms with Gasteiger partial charge < -0.3 is 0 Å². The first-order valence-corrected chi connectivity index (χ1v) is 8.26. The normalized spacial score (nSPS) is 10.8. The van der Waals surface area contributed by atoms with E-state index in [1.54, 1.807) is 0 Å². The smallest absolute Gasteiger partial charge is 0.160 e. The summed E-state index contributed by atoms with van der Waals surface area (Å²) in [4.78, 5) is 9.92. The van der Waals surface area contributed by atoms with E-state index in [0.717, 1.165) is 22.7 Å². The van der Waals surface area contributed by atoms with Crippen molar-refractivity contribution in [2.24, 2.45) is 0 Å². The molecule has 0 atom stereocenters. The molecule has 2 aromatic rings. The summed E-state index contributed by atoms with van der Waals surface area (Å²) in [5.74, 6) is 0.759. The second kappa shape index (κ2) is 8.18. The van der Waals surface area contributed by atoms with E-state index in [2.05, 4.69) is 42.5 Å². The molecule has 0 unspecified atom stereocenters. The maximum absolute atomic E-state index is 4.51. The van der Waals surface area contributed by atoms with Crippen molar-refractivity contribution in [3.05, 3.63) is 41.7 Å². The molecule has 0 aliphatic carbocycles. The van der Waals surface area contributed by atoms with Gasteiger partial charge in [0.05, 0.1) is 0 Å². The van der Waals surface area contributed by atoms with Crippen LogP contribution in [0.3, 0.4) is 0 Å². The van der Waals surface area contributed by atoms with Crippen LogP contribution in [0.25, 0.3) is 11.4 Å². The average Bonchev–Trinajstić information content (AvgIpc) is 2.48. The Bertz CT molecular complexity index is 564. The molecule has 1 heterocycles. The van der Waals surface area contributed by atoms with E-state index in [1.165, 1.54) is 43.2 Å². The largest absolute Gasteiger partial charge is 0.236 e. The lowest BCUT2D eigenvalue weighted by molar-refractivity contribution is 0.631. The van der Waals surface area contributed by atoms with E-state index in [0.29, 0.717) is 0 Å². The van der Waals surface area contributed by atoms with Gasteiger partial charge in [-0.25, -0.2) is 9.97 Å². The topological polar surface area (TPSA) is 25.8 Å². The summed E-state index contributed by atoms with van der Waals surface area (Å²) in [5, 5.41) is 0. The minimum atomic E-state index is 0.759. The highest BCUT2D eigenvalue weighted by Crippen LogP contribution is 2.24. The third kappa shape index (κ3) is 4.85. The number of rotatable bonds is 7. The van der Waals surface area contributed by atoms with Crippen LogP contribution in [0, 0.1) is 6.92 Å². The zero-order valence-corrected chi connectivity index (χ0v) is 13.9.